The van der Waals surface area contributed by atoms with Crippen molar-refractivity contribution < 1.29 is 0 Å². The third-order valence-electron chi connectivity index (χ3n) is 1.89. The van der Waals surface area contributed by atoms with Gasteiger partial charge in [0.1, 0.15) is 0 Å². The maximum absolute atomic E-state index is 5.79. The number of aromatic nitrogens is 1. The molecule has 2 rings (SSSR count). The van der Waals surface area contributed by atoms with Crippen LogP contribution in [0.25, 0.3) is 0 Å². The van der Waals surface area contributed by atoms with Crippen LogP contribution in [0.1, 0.15) is 11.3 Å². The zero-order valence-electron chi connectivity index (χ0n) is 6.10. The Morgan fingerprint density at radius 2 is 2.45 bits per heavy atom. The van der Waals surface area contributed by atoms with E-state index in [1.165, 1.54) is 5.56 Å². The molecule has 1 N–H and O–H groups in total. The maximum atomic E-state index is 5.79. The topological polar surface area (TPSA) is 24.9 Å². The summed E-state index contributed by atoms with van der Waals surface area (Å²) in [6, 6.07) is 2.00. The van der Waals surface area contributed by atoms with Crippen LogP contribution in [0.2, 0.25) is 5.02 Å². The first kappa shape index (κ1) is 7.07. The first-order valence-electron chi connectivity index (χ1n) is 3.70. The van der Waals surface area contributed by atoms with Crippen molar-refractivity contribution in [2.75, 3.05) is 6.54 Å². The van der Waals surface area contributed by atoms with Crippen molar-refractivity contribution in [1.82, 2.24) is 10.3 Å². The molecule has 1 aliphatic heterocycles. The summed E-state index contributed by atoms with van der Waals surface area (Å²) in [5.41, 5.74) is 2.43. The second kappa shape index (κ2) is 2.80. The van der Waals surface area contributed by atoms with Gasteiger partial charge < -0.3 is 5.32 Å². The Bertz CT molecular complexity index is 273. The number of fused-ring (bicyclic) bond motifs is 1. The molecule has 0 fully saturated rings. The molecule has 11 heavy (non-hydrogen) atoms. The zero-order chi connectivity index (χ0) is 7.68. The lowest BCUT2D eigenvalue weighted by molar-refractivity contribution is 0.627. The molecule has 0 bridgehead atoms. The fraction of sp³-hybridized carbons (Fsp3) is 0.375. The number of pyridine rings is 1. The fourth-order valence-electron chi connectivity index (χ4n) is 1.31. The SMILES string of the molecule is Clc1cnc2c(c1)CCNC2. The van der Waals surface area contributed by atoms with Crippen molar-refractivity contribution in [2.24, 2.45) is 0 Å². The molecule has 0 saturated heterocycles. The third-order valence-corrected chi connectivity index (χ3v) is 2.10. The van der Waals surface area contributed by atoms with Gasteiger partial charge in [-0.05, 0) is 24.6 Å². The molecule has 0 spiro atoms. The lowest BCUT2D eigenvalue weighted by Crippen LogP contribution is -2.24. The first-order valence-corrected chi connectivity index (χ1v) is 4.08. The van der Waals surface area contributed by atoms with Crippen LogP contribution >= 0.6 is 11.6 Å². The van der Waals surface area contributed by atoms with Gasteiger partial charge in [-0.2, -0.15) is 0 Å². The summed E-state index contributed by atoms with van der Waals surface area (Å²) in [6.07, 6.45) is 2.75. The number of rotatable bonds is 0. The Balaban J connectivity index is 2.43. The van der Waals surface area contributed by atoms with Crippen LogP contribution in [0.5, 0.6) is 0 Å². The number of hydrogen-bond acceptors (Lipinski definition) is 2. The molecule has 0 aromatic carbocycles. The van der Waals surface area contributed by atoms with E-state index in [1.807, 2.05) is 6.07 Å². The summed E-state index contributed by atoms with van der Waals surface area (Å²) >= 11 is 5.79. The minimum atomic E-state index is 0.741. The van der Waals surface area contributed by atoms with Crippen molar-refractivity contribution in [3.05, 3.63) is 28.5 Å². The Kier molecular flexibility index (Phi) is 1.80. The molecule has 0 amide bonds. The van der Waals surface area contributed by atoms with Gasteiger partial charge in [0.05, 0.1) is 10.7 Å². The molecule has 0 saturated carbocycles. The predicted molar refractivity (Wildman–Crippen MR) is 44.7 cm³/mol. The summed E-state index contributed by atoms with van der Waals surface area (Å²) in [5.74, 6) is 0. The van der Waals surface area contributed by atoms with E-state index in [2.05, 4.69) is 10.3 Å². The minimum Gasteiger partial charge on any atom is -0.311 e. The van der Waals surface area contributed by atoms with Crippen molar-refractivity contribution in [3.63, 3.8) is 0 Å². The molecule has 0 radical (unpaired) electrons. The van der Waals surface area contributed by atoms with E-state index < -0.39 is 0 Å². The van der Waals surface area contributed by atoms with Crippen LogP contribution in [0.15, 0.2) is 12.3 Å². The molecule has 0 unspecified atom stereocenters. The van der Waals surface area contributed by atoms with Gasteiger partial charge in [-0.1, -0.05) is 11.6 Å². The molecule has 1 aromatic rings. The second-order valence-electron chi connectivity index (χ2n) is 2.69. The Morgan fingerprint density at radius 1 is 1.55 bits per heavy atom. The van der Waals surface area contributed by atoms with Crippen LogP contribution in [-0.4, -0.2) is 11.5 Å². The van der Waals surface area contributed by atoms with E-state index in [4.69, 9.17) is 11.6 Å². The predicted octanol–water partition coefficient (Wildman–Crippen LogP) is 1.38. The number of nitrogens with zero attached hydrogens (tertiary/aromatic N) is 1. The Labute approximate surface area is 70.6 Å². The normalized spacial score (nSPS) is 16.1. The molecule has 0 aliphatic carbocycles. The Hall–Kier alpha value is -0.600. The average molecular weight is 169 g/mol. The van der Waals surface area contributed by atoms with Gasteiger partial charge >= 0.3 is 0 Å². The van der Waals surface area contributed by atoms with E-state index in [0.29, 0.717) is 0 Å². The quantitative estimate of drug-likeness (QED) is 0.633. The highest BCUT2D eigenvalue weighted by Crippen LogP contribution is 2.15. The third kappa shape index (κ3) is 1.37. The lowest BCUT2D eigenvalue weighted by atomic mass is 10.1. The van der Waals surface area contributed by atoms with Crippen LogP contribution in [-0.2, 0) is 13.0 Å². The lowest BCUT2D eigenvalue weighted by Gasteiger charge is -2.15. The molecule has 1 aromatic heterocycles. The minimum absolute atomic E-state index is 0.741. The Morgan fingerprint density at radius 3 is 3.36 bits per heavy atom. The van der Waals surface area contributed by atoms with Crippen molar-refractivity contribution in [3.8, 4) is 0 Å². The fourth-order valence-corrected chi connectivity index (χ4v) is 1.50. The van der Waals surface area contributed by atoms with E-state index in [1.54, 1.807) is 6.20 Å². The smallest absolute Gasteiger partial charge is 0.0592 e. The maximum Gasteiger partial charge on any atom is 0.0592 e. The standard InChI is InChI=1S/C8H9ClN2/c9-7-3-6-1-2-10-5-8(6)11-4-7/h3-4,10H,1-2,5H2. The van der Waals surface area contributed by atoms with Gasteiger partial charge in [-0.15, -0.1) is 0 Å². The summed E-state index contributed by atoms with van der Waals surface area (Å²) < 4.78 is 0. The number of hydrogen-bond donors (Lipinski definition) is 1. The van der Waals surface area contributed by atoms with Gasteiger partial charge in [0.25, 0.3) is 0 Å². The highest BCUT2D eigenvalue weighted by atomic mass is 35.5. The largest absolute Gasteiger partial charge is 0.311 e. The van der Waals surface area contributed by atoms with Gasteiger partial charge in [-0.3, -0.25) is 4.98 Å². The molecule has 58 valence electrons. The van der Waals surface area contributed by atoms with Crippen molar-refractivity contribution >= 4 is 11.6 Å². The summed E-state index contributed by atoms with van der Waals surface area (Å²) in [7, 11) is 0. The molecule has 0 atom stereocenters. The van der Waals surface area contributed by atoms with E-state index in [9.17, 15) is 0 Å². The van der Waals surface area contributed by atoms with Crippen molar-refractivity contribution in [2.45, 2.75) is 13.0 Å². The highest BCUT2D eigenvalue weighted by molar-refractivity contribution is 6.30. The van der Waals surface area contributed by atoms with Gasteiger partial charge in [0.2, 0.25) is 0 Å². The monoisotopic (exact) mass is 168 g/mol. The van der Waals surface area contributed by atoms with Gasteiger partial charge in [-0.25, -0.2) is 0 Å². The summed E-state index contributed by atoms with van der Waals surface area (Å²) in [4.78, 5) is 4.22. The number of nitrogens with one attached hydrogen (secondary N) is 1. The van der Waals surface area contributed by atoms with Gasteiger partial charge in [0.15, 0.2) is 0 Å². The van der Waals surface area contributed by atoms with Crippen LogP contribution in [0.4, 0.5) is 0 Å². The second-order valence-corrected chi connectivity index (χ2v) is 3.12. The van der Waals surface area contributed by atoms with E-state index in [0.717, 1.165) is 30.2 Å². The van der Waals surface area contributed by atoms with Crippen molar-refractivity contribution in [1.29, 1.82) is 0 Å². The number of halogens is 1. The zero-order valence-corrected chi connectivity index (χ0v) is 6.86. The molecule has 2 nitrogen and oxygen atoms in total. The highest BCUT2D eigenvalue weighted by Gasteiger charge is 2.08. The van der Waals surface area contributed by atoms with E-state index in [-0.39, 0.29) is 0 Å². The molecule has 3 heteroatoms. The molecular weight excluding hydrogens is 160 g/mol. The average Bonchev–Trinajstić information content (AvgIpc) is 2.04. The van der Waals surface area contributed by atoms with Crippen LogP contribution in [0.3, 0.4) is 0 Å². The van der Waals surface area contributed by atoms with Crippen LogP contribution in [0, 0.1) is 0 Å². The first-order chi connectivity index (χ1) is 5.36. The van der Waals surface area contributed by atoms with Crippen LogP contribution < -0.4 is 5.32 Å². The summed E-state index contributed by atoms with van der Waals surface area (Å²) in [5, 5.41) is 4.00. The van der Waals surface area contributed by atoms with E-state index >= 15 is 0 Å². The van der Waals surface area contributed by atoms with Gasteiger partial charge in [0, 0.05) is 12.7 Å². The summed E-state index contributed by atoms with van der Waals surface area (Å²) in [6.45, 7) is 1.92. The molecule has 2 heterocycles. The molecular formula is C8H9ClN2. The molecule has 1 aliphatic rings.